The Bertz CT molecular complexity index is 929. The first-order chi connectivity index (χ1) is 13.0. The average molecular weight is 416 g/mol. The molecule has 28 heavy (non-hydrogen) atoms. The summed E-state index contributed by atoms with van der Waals surface area (Å²) < 4.78 is 69.2. The van der Waals surface area contributed by atoms with Crippen LogP contribution in [0.5, 0.6) is 5.75 Å². The lowest BCUT2D eigenvalue weighted by atomic mass is 10.2. The predicted octanol–water partition coefficient (Wildman–Crippen LogP) is 2.88. The lowest BCUT2D eigenvalue weighted by Crippen LogP contribution is -2.43. The number of amides is 1. The minimum Gasteiger partial charge on any atom is -0.495 e. The van der Waals surface area contributed by atoms with Crippen LogP contribution in [0.2, 0.25) is 0 Å². The van der Waals surface area contributed by atoms with Gasteiger partial charge in [0, 0.05) is 0 Å². The lowest BCUT2D eigenvalue weighted by molar-refractivity contribution is -0.137. The molecule has 0 radical (unpaired) electrons. The third-order valence-corrected chi connectivity index (χ3v) is 5.51. The smallest absolute Gasteiger partial charge is 0.405 e. The van der Waals surface area contributed by atoms with Gasteiger partial charge in [0.1, 0.15) is 18.8 Å². The van der Waals surface area contributed by atoms with E-state index in [0.717, 1.165) is 9.87 Å². The molecule has 0 aromatic heterocycles. The van der Waals surface area contributed by atoms with Crippen molar-refractivity contribution in [2.45, 2.75) is 18.0 Å². The number of nitrogens with zero attached hydrogens (tertiary/aromatic N) is 1. The van der Waals surface area contributed by atoms with Crippen molar-refractivity contribution in [3.63, 3.8) is 0 Å². The molecule has 0 saturated heterocycles. The van der Waals surface area contributed by atoms with Crippen LogP contribution in [0.25, 0.3) is 0 Å². The number of rotatable bonds is 7. The Labute approximate surface area is 161 Å². The van der Waals surface area contributed by atoms with Gasteiger partial charge in [-0.2, -0.15) is 13.2 Å². The van der Waals surface area contributed by atoms with Crippen molar-refractivity contribution in [3.05, 3.63) is 54.1 Å². The van der Waals surface area contributed by atoms with Gasteiger partial charge in [-0.15, -0.1) is 0 Å². The summed E-state index contributed by atoms with van der Waals surface area (Å²) in [4.78, 5) is 11.9. The molecular weight excluding hydrogens is 397 g/mol. The fourth-order valence-corrected chi connectivity index (χ4v) is 3.79. The molecule has 10 heteroatoms. The minimum absolute atomic E-state index is 0.0349. The molecule has 0 aliphatic carbocycles. The van der Waals surface area contributed by atoms with Crippen LogP contribution in [0.3, 0.4) is 0 Å². The van der Waals surface area contributed by atoms with E-state index in [2.05, 4.69) is 0 Å². The van der Waals surface area contributed by atoms with E-state index >= 15 is 0 Å². The Hall–Kier alpha value is -2.75. The molecule has 1 N–H and O–H groups in total. The van der Waals surface area contributed by atoms with Crippen LogP contribution in [0, 0.1) is 6.92 Å². The van der Waals surface area contributed by atoms with Crippen molar-refractivity contribution in [2.75, 3.05) is 24.5 Å². The number of halogens is 3. The first-order valence-electron chi connectivity index (χ1n) is 8.10. The molecule has 0 bridgehead atoms. The number of sulfonamides is 1. The van der Waals surface area contributed by atoms with E-state index in [1.54, 1.807) is 30.4 Å². The van der Waals surface area contributed by atoms with Gasteiger partial charge in [-0.05, 0) is 31.2 Å². The summed E-state index contributed by atoms with van der Waals surface area (Å²) in [6.45, 7) is -0.623. The van der Waals surface area contributed by atoms with Crippen LogP contribution in [-0.2, 0) is 14.8 Å². The van der Waals surface area contributed by atoms with Crippen LogP contribution in [-0.4, -0.2) is 40.7 Å². The van der Waals surface area contributed by atoms with Gasteiger partial charge < -0.3 is 10.1 Å². The maximum Gasteiger partial charge on any atom is 0.405 e. The summed E-state index contributed by atoms with van der Waals surface area (Å²) in [7, 11) is -2.92. The van der Waals surface area contributed by atoms with Crippen molar-refractivity contribution in [1.82, 2.24) is 5.32 Å². The zero-order chi connectivity index (χ0) is 20.9. The molecule has 0 aliphatic heterocycles. The minimum atomic E-state index is -4.61. The highest BCUT2D eigenvalue weighted by molar-refractivity contribution is 7.92. The van der Waals surface area contributed by atoms with Crippen LogP contribution < -0.4 is 14.4 Å². The molecule has 0 atom stereocenters. The van der Waals surface area contributed by atoms with E-state index in [0.29, 0.717) is 0 Å². The number of aryl methyl sites for hydroxylation is 1. The van der Waals surface area contributed by atoms with Gasteiger partial charge in [0.25, 0.3) is 10.0 Å². The maximum atomic E-state index is 13.1. The van der Waals surface area contributed by atoms with Gasteiger partial charge in [-0.25, -0.2) is 8.42 Å². The summed E-state index contributed by atoms with van der Waals surface area (Å²) in [6, 6.07) is 11.9. The predicted molar refractivity (Wildman–Crippen MR) is 97.8 cm³/mol. The highest BCUT2D eigenvalue weighted by atomic mass is 32.2. The number of hydrogen-bond acceptors (Lipinski definition) is 4. The van der Waals surface area contributed by atoms with Gasteiger partial charge in [-0.1, -0.05) is 29.8 Å². The molecule has 0 spiro atoms. The highest BCUT2D eigenvalue weighted by Gasteiger charge is 2.31. The molecule has 2 rings (SSSR count). The summed E-state index contributed by atoms with van der Waals surface area (Å²) >= 11 is 0. The number of para-hydroxylation sites is 2. The monoisotopic (exact) mass is 416 g/mol. The van der Waals surface area contributed by atoms with Crippen molar-refractivity contribution in [2.24, 2.45) is 0 Å². The Kier molecular flexibility index (Phi) is 6.55. The van der Waals surface area contributed by atoms with Crippen molar-refractivity contribution in [1.29, 1.82) is 0 Å². The zero-order valence-corrected chi connectivity index (χ0v) is 16.0. The summed E-state index contributed by atoms with van der Waals surface area (Å²) in [6.07, 6.45) is -4.61. The molecule has 0 heterocycles. The molecule has 152 valence electrons. The molecule has 6 nitrogen and oxygen atoms in total. The summed E-state index contributed by atoms with van der Waals surface area (Å²) in [5.74, 6) is -0.944. The third-order valence-electron chi connectivity index (χ3n) is 3.74. The number of anilines is 1. The third kappa shape index (κ3) is 5.38. The largest absolute Gasteiger partial charge is 0.495 e. The van der Waals surface area contributed by atoms with Gasteiger partial charge >= 0.3 is 6.18 Å². The van der Waals surface area contributed by atoms with Gasteiger partial charge in [-0.3, -0.25) is 9.10 Å². The molecule has 0 fully saturated rings. The van der Waals surface area contributed by atoms with Crippen LogP contribution in [0.4, 0.5) is 18.9 Å². The number of ether oxygens (including phenoxy) is 1. The standard InChI is InChI=1S/C18H19F3N2O4S/c1-13-7-9-14(10-8-13)28(25,26)23(11-17(24)22-12-18(19,20)21)15-5-3-4-6-16(15)27-2/h3-10H,11-12H2,1-2H3,(H,22,24). The number of hydrogen-bond donors (Lipinski definition) is 1. The second-order valence-electron chi connectivity index (χ2n) is 5.89. The van der Waals surface area contributed by atoms with Gasteiger partial charge in [0.2, 0.25) is 5.91 Å². The molecule has 2 aromatic rings. The van der Waals surface area contributed by atoms with E-state index < -0.39 is 35.2 Å². The SMILES string of the molecule is COc1ccccc1N(CC(=O)NCC(F)(F)F)S(=O)(=O)c1ccc(C)cc1. The van der Waals surface area contributed by atoms with Crippen LogP contribution in [0.15, 0.2) is 53.4 Å². The lowest BCUT2D eigenvalue weighted by Gasteiger charge is -2.25. The normalized spacial score (nSPS) is 11.8. The zero-order valence-electron chi connectivity index (χ0n) is 15.2. The Morgan fingerprint density at radius 3 is 2.29 bits per heavy atom. The quantitative estimate of drug-likeness (QED) is 0.753. The second kappa shape index (κ2) is 8.51. The topological polar surface area (TPSA) is 75.7 Å². The molecule has 2 aromatic carbocycles. The first-order valence-corrected chi connectivity index (χ1v) is 9.54. The molecule has 0 unspecified atom stereocenters. The first kappa shape index (κ1) is 21.5. The molecule has 0 aliphatic rings. The van der Waals surface area contributed by atoms with Crippen molar-refractivity contribution >= 4 is 21.6 Å². The second-order valence-corrected chi connectivity index (χ2v) is 7.75. The van der Waals surface area contributed by atoms with E-state index in [4.69, 9.17) is 4.74 Å². The van der Waals surface area contributed by atoms with Crippen molar-refractivity contribution < 1.29 is 31.1 Å². The fraction of sp³-hybridized carbons (Fsp3) is 0.278. The Morgan fingerprint density at radius 1 is 1.11 bits per heavy atom. The molecular formula is C18H19F3N2O4S. The van der Waals surface area contributed by atoms with Crippen LogP contribution >= 0.6 is 0 Å². The number of benzene rings is 2. The summed E-state index contributed by atoms with van der Waals surface area (Å²) in [5.41, 5.74) is 0.860. The maximum absolute atomic E-state index is 13.1. The van der Waals surface area contributed by atoms with Crippen molar-refractivity contribution in [3.8, 4) is 5.75 Å². The van der Waals surface area contributed by atoms with Crippen LogP contribution in [0.1, 0.15) is 5.56 Å². The Balaban J connectivity index is 2.44. The molecule has 1 amide bonds. The fourth-order valence-electron chi connectivity index (χ4n) is 2.36. The number of carbonyl (C=O) groups is 1. The number of methoxy groups -OCH3 is 1. The number of carbonyl (C=O) groups excluding carboxylic acids is 1. The van der Waals surface area contributed by atoms with E-state index in [1.165, 1.54) is 37.4 Å². The van der Waals surface area contributed by atoms with Gasteiger partial charge in [0.15, 0.2) is 0 Å². The highest BCUT2D eigenvalue weighted by Crippen LogP contribution is 2.32. The number of nitrogens with one attached hydrogen (secondary N) is 1. The Morgan fingerprint density at radius 2 is 1.71 bits per heavy atom. The van der Waals surface area contributed by atoms with E-state index in [9.17, 15) is 26.4 Å². The van der Waals surface area contributed by atoms with E-state index in [-0.39, 0.29) is 16.3 Å². The molecule has 0 saturated carbocycles. The summed E-state index contributed by atoms with van der Waals surface area (Å²) in [5, 5.41) is 1.68. The average Bonchev–Trinajstić information content (AvgIpc) is 2.64. The van der Waals surface area contributed by atoms with E-state index in [1.807, 2.05) is 0 Å². The van der Waals surface area contributed by atoms with Gasteiger partial charge in [0.05, 0.1) is 17.7 Å². The number of alkyl halides is 3.